The van der Waals surface area contributed by atoms with Crippen LogP contribution in [0.2, 0.25) is 0 Å². The molecule has 0 fully saturated rings. The van der Waals surface area contributed by atoms with Crippen LogP contribution in [0.5, 0.6) is 0 Å². The molecule has 25 heavy (non-hydrogen) atoms. The molecule has 2 aromatic carbocycles. The second-order valence-electron chi connectivity index (χ2n) is 6.54. The third-order valence-corrected chi connectivity index (χ3v) is 4.63. The second kappa shape index (κ2) is 8.25. The molecule has 5 heteroatoms. The minimum atomic E-state index is -0.713. The molecule has 1 amide bonds. The lowest BCUT2D eigenvalue weighted by Gasteiger charge is -2.30. The van der Waals surface area contributed by atoms with Gasteiger partial charge in [-0.25, -0.2) is 0 Å². The molecule has 4 N–H and O–H groups in total. The van der Waals surface area contributed by atoms with Crippen LogP contribution in [0.3, 0.4) is 0 Å². The molecule has 3 rings (SSSR count). The van der Waals surface area contributed by atoms with Crippen LogP contribution in [0.15, 0.2) is 54.6 Å². The van der Waals surface area contributed by atoms with Gasteiger partial charge in [-0.3, -0.25) is 9.69 Å². The van der Waals surface area contributed by atoms with Crippen molar-refractivity contribution in [2.45, 2.75) is 25.1 Å². The average Bonchev–Trinajstić information content (AvgIpc) is 2.66. The number of nitrogens with zero attached hydrogens (tertiary/aromatic N) is 1. The summed E-state index contributed by atoms with van der Waals surface area (Å²) in [6.07, 6.45) is 0.380. The Morgan fingerprint density at radius 2 is 1.80 bits per heavy atom. The average molecular weight is 339 g/mol. The number of carbonyl (C=O) groups excluding carboxylic acids is 1. The first-order valence-electron chi connectivity index (χ1n) is 8.69. The van der Waals surface area contributed by atoms with Gasteiger partial charge >= 0.3 is 0 Å². The Balaban J connectivity index is 1.45. The minimum Gasteiger partial charge on any atom is -0.390 e. The van der Waals surface area contributed by atoms with Crippen LogP contribution in [-0.4, -0.2) is 41.7 Å². The molecule has 5 nitrogen and oxygen atoms in total. The van der Waals surface area contributed by atoms with E-state index in [0.717, 1.165) is 25.1 Å². The topological polar surface area (TPSA) is 78.6 Å². The molecule has 0 spiro atoms. The molecule has 0 radical (unpaired) electrons. The molecular formula is C20H25N3O2. The van der Waals surface area contributed by atoms with Crippen LogP contribution in [0, 0.1) is 0 Å². The Morgan fingerprint density at radius 1 is 1.12 bits per heavy atom. The number of nitrogens with one attached hydrogen (secondary N) is 1. The van der Waals surface area contributed by atoms with E-state index < -0.39 is 12.1 Å². The SMILES string of the molecule is N[C@@H](C(=O)NC[C@@H](O)CN1CCc2ccccc2C1)c1ccccc1. The fraction of sp³-hybridized carbons (Fsp3) is 0.350. The van der Waals surface area contributed by atoms with E-state index in [1.807, 2.05) is 36.4 Å². The number of hydrogen-bond donors (Lipinski definition) is 3. The quantitative estimate of drug-likeness (QED) is 0.739. The standard InChI is InChI=1S/C20H25N3O2/c21-19(16-7-2-1-3-8-16)20(25)22-12-18(24)14-23-11-10-15-6-4-5-9-17(15)13-23/h1-9,18-19,24H,10-14,21H2,(H,22,25)/t18-,19-/m1/s1. The maximum Gasteiger partial charge on any atom is 0.241 e. The van der Waals surface area contributed by atoms with E-state index in [-0.39, 0.29) is 12.5 Å². The van der Waals surface area contributed by atoms with Crippen LogP contribution in [0.1, 0.15) is 22.7 Å². The van der Waals surface area contributed by atoms with Gasteiger partial charge in [0.15, 0.2) is 0 Å². The monoisotopic (exact) mass is 339 g/mol. The van der Waals surface area contributed by atoms with Gasteiger partial charge in [-0.15, -0.1) is 0 Å². The number of aliphatic hydroxyl groups excluding tert-OH is 1. The highest BCUT2D eigenvalue weighted by Gasteiger charge is 2.20. The lowest BCUT2D eigenvalue weighted by molar-refractivity contribution is -0.123. The predicted molar refractivity (Wildman–Crippen MR) is 97.8 cm³/mol. The van der Waals surface area contributed by atoms with Crippen molar-refractivity contribution >= 4 is 5.91 Å². The van der Waals surface area contributed by atoms with Crippen LogP contribution < -0.4 is 11.1 Å². The fourth-order valence-corrected chi connectivity index (χ4v) is 3.21. The van der Waals surface area contributed by atoms with Crippen LogP contribution in [0.4, 0.5) is 0 Å². The largest absolute Gasteiger partial charge is 0.390 e. The molecule has 2 atom stereocenters. The third kappa shape index (κ3) is 4.66. The van der Waals surface area contributed by atoms with Crippen molar-refractivity contribution < 1.29 is 9.90 Å². The van der Waals surface area contributed by atoms with E-state index in [2.05, 4.69) is 28.4 Å². The van der Waals surface area contributed by atoms with Crippen molar-refractivity contribution in [3.63, 3.8) is 0 Å². The number of hydrogen-bond acceptors (Lipinski definition) is 4. The summed E-state index contributed by atoms with van der Waals surface area (Å²) in [6.45, 7) is 2.50. The Morgan fingerprint density at radius 3 is 2.56 bits per heavy atom. The fourth-order valence-electron chi connectivity index (χ4n) is 3.21. The van der Waals surface area contributed by atoms with Crippen molar-refractivity contribution in [1.82, 2.24) is 10.2 Å². The maximum atomic E-state index is 12.1. The first kappa shape index (κ1) is 17.6. The number of nitrogens with two attached hydrogens (primary N) is 1. The van der Waals surface area contributed by atoms with Crippen molar-refractivity contribution in [3.8, 4) is 0 Å². The molecule has 1 aliphatic rings. The van der Waals surface area contributed by atoms with Gasteiger partial charge < -0.3 is 16.2 Å². The molecule has 0 unspecified atom stereocenters. The smallest absolute Gasteiger partial charge is 0.241 e. The Bertz CT molecular complexity index is 705. The first-order valence-corrected chi connectivity index (χ1v) is 8.69. The minimum absolute atomic E-state index is 0.206. The highest BCUT2D eigenvalue weighted by Crippen LogP contribution is 2.18. The van der Waals surface area contributed by atoms with Gasteiger partial charge in [0.1, 0.15) is 6.04 Å². The van der Waals surface area contributed by atoms with E-state index in [1.165, 1.54) is 11.1 Å². The normalized spacial score (nSPS) is 16.7. The summed E-state index contributed by atoms with van der Waals surface area (Å²) in [4.78, 5) is 14.4. The lowest BCUT2D eigenvalue weighted by Crippen LogP contribution is -2.44. The number of benzene rings is 2. The highest BCUT2D eigenvalue weighted by molar-refractivity contribution is 5.82. The van der Waals surface area contributed by atoms with Gasteiger partial charge in [-0.05, 0) is 23.1 Å². The van der Waals surface area contributed by atoms with Crippen LogP contribution in [-0.2, 0) is 17.8 Å². The molecule has 2 aromatic rings. The number of carbonyl (C=O) groups is 1. The van der Waals surface area contributed by atoms with E-state index in [4.69, 9.17) is 5.73 Å². The molecule has 1 heterocycles. The number of rotatable bonds is 6. The van der Waals surface area contributed by atoms with Crippen LogP contribution >= 0.6 is 0 Å². The summed E-state index contributed by atoms with van der Waals surface area (Å²) < 4.78 is 0. The third-order valence-electron chi connectivity index (χ3n) is 4.63. The maximum absolute atomic E-state index is 12.1. The second-order valence-corrected chi connectivity index (χ2v) is 6.54. The van der Waals surface area contributed by atoms with Crippen molar-refractivity contribution in [2.24, 2.45) is 5.73 Å². The summed E-state index contributed by atoms with van der Waals surface area (Å²) in [5.74, 6) is -0.269. The molecule has 0 aromatic heterocycles. The summed E-state index contributed by atoms with van der Waals surface area (Å²) >= 11 is 0. The van der Waals surface area contributed by atoms with Gasteiger partial charge in [0.25, 0.3) is 0 Å². The van der Waals surface area contributed by atoms with Crippen molar-refractivity contribution in [1.29, 1.82) is 0 Å². The summed E-state index contributed by atoms with van der Waals surface area (Å²) in [7, 11) is 0. The van der Waals surface area contributed by atoms with Gasteiger partial charge in [0.05, 0.1) is 6.10 Å². The molecule has 0 saturated heterocycles. The zero-order valence-electron chi connectivity index (χ0n) is 14.3. The summed E-state index contributed by atoms with van der Waals surface area (Å²) in [6, 6.07) is 16.9. The number of amides is 1. The Hall–Kier alpha value is -2.21. The van der Waals surface area contributed by atoms with Gasteiger partial charge in [0, 0.05) is 26.2 Å². The lowest BCUT2D eigenvalue weighted by atomic mass is 10.00. The molecular weight excluding hydrogens is 314 g/mol. The van der Waals surface area contributed by atoms with E-state index >= 15 is 0 Å². The predicted octanol–water partition coefficient (Wildman–Crippen LogP) is 1.22. The van der Waals surface area contributed by atoms with E-state index in [0.29, 0.717) is 6.54 Å². The molecule has 0 bridgehead atoms. The number of fused-ring (bicyclic) bond motifs is 1. The highest BCUT2D eigenvalue weighted by atomic mass is 16.3. The molecule has 1 aliphatic heterocycles. The van der Waals surface area contributed by atoms with E-state index in [9.17, 15) is 9.90 Å². The Kier molecular flexibility index (Phi) is 5.81. The number of β-amino-alcohol motifs (C(OH)–C–C–N with tert-alkyl or cyclic N) is 1. The molecule has 0 saturated carbocycles. The molecule has 0 aliphatic carbocycles. The van der Waals surface area contributed by atoms with Gasteiger partial charge in [0.2, 0.25) is 5.91 Å². The van der Waals surface area contributed by atoms with E-state index in [1.54, 1.807) is 0 Å². The van der Waals surface area contributed by atoms with Crippen molar-refractivity contribution in [3.05, 3.63) is 71.3 Å². The van der Waals surface area contributed by atoms with Crippen molar-refractivity contribution in [2.75, 3.05) is 19.6 Å². The summed E-state index contributed by atoms with van der Waals surface area (Å²) in [5, 5.41) is 13.0. The summed E-state index contributed by atoms with van der Waals surface area (Å²) in [5.41, 5.74) is 9.42. The van der Waals surface area contributed by atoms with Gasteiger partial charge in [-0.1, -0.05) is 54.6 Å². The van der Waals surface area contributed by atoms with Crippen LogP contribution in [0.25, 0.3) is 0 Å². The number of aliphatic hydroxyl groups is 1. The zero-order valence-corrected chi connectivity index (χ0v) is 14.3. The molecule has 132 valence electrons. The first-order chi connectivity index (χ1) is 12.1. The van der Waals surface area contributed by atoms with Gasteiger partial charge in [-0.2, -0.15) is 0 Å². The Labute approximate surface area is 148 Å². The zero-order chi connectivity index (χ0) is 17.6.